The summed E-state index contributed by atoms with van der Waals surface area (Å²) in [5, 5.41) is 0. The van der Waals surface area contributed by atoms with Crippen molar-refractivity contribution in [2.45, 2.75) is 25.7 Å². The van der Waals surface area contributed by atoms with Gasteiger partial charge in [-0.25, -0.2) is 12.7 Å². The minimum absolute atomic E-state index is 0.255. The molecule has 4 nitrogen and oxygen atoms in total. The molecule has 1 rings (SSSR count). The van der Waals surface area contributed by atoms with Gasteiger partial charge in [0.1, 0.15) is 0 Å². The van der Waals surface area contributed by atoms with E-state index in [4.69, 9.17) is 0 Å². The third kappa shape index (κ3) is 2.20. The summed E-state index contributed by atoms with van der Waals surface area (Å²) in [5.41, 5.74) is 0. The molecule has 1 fully saturated rings. The third-order valence-corrected chi connectivity index (χ3v) is 3.12. The molecule has 1 amide bonds. The minimum atomic E-state index is -3.31. The molecule has 12 heavy (non-hydrogen) atoms. The van der Waals surface area contributed by atoms with Gasteiger partial charge >= 0.3 is 0 Å². The summed E-state index contributed by atoms with van der Waals surface area (Å²) < 4.78 is 23.1. The van der Waals surface area contributed by atoms with Crippen LogP contribution in [0.25, 0.3) is 0 Å². The Balaban J connectivity index is 2.80. The lowest BCUT2D eigenvalue weighted by Gasteiger charge is -2.16. The zero-order valence-electron chi connectivity index (χ0n) is 7.12. The molecule has 1 heterocycles. The predicted octanol–water partition coefficient (Wildman–Crippen LogP) is 0.349. The Labute approximate surface area is 72.6 Å². The standard InChI is InChI=1S/C7H13NO3S/c1-12(10,11)8-6-4-2-3-5-7(8)9/h2-6H2,1H3. The number of amides is 1. The molecule has 0 bridgehead atoms. The van der Waals surface area contributed by atoms with E-state index in [1.54, 1.807) is 0 Å². The number of hydrogen-bond acceptors (Lipinski definition) is 3. The van der Waals surface area contributed by atoms with Gasteiger partial charge in [-0.3, -0.25) is 4.79 Å². The van der Waals surface area contributed by atoms with Gasteiger partial charge in [-0.05, 0) is 12.8 Å². The Morgan fingerprint density at radius 3 is 2.50 bits per heavy atom. The van der Waals surface area contributed by atoms with Gasteiger partial charge in [-0.15, -0.1) is 0 Å². The Hall–Kier alpha value is -0.580. The van der Waals surface area contributed by atoms with E-state index in [0.717, 1.165) is 29.8 Å². The molecule has 5 heteroatoms. The van der Waals surface area contributed by atoms with Crippen molar-refractivity contribution in [2.75, 3.05) is 12.8 Å². The van der Waals surface area contributed by atoms with Crippen molar-refractivity contribution in [3.05, 3.63) is 0 Å². The van der Waals surface area contributed by atoms with Crippen LogP contribution in [-0.4, -0.2) is 31.4 Å². The summed E-state index contributed by atoms with van der Waals surface area (Å²) in [6, 6.07) is 0. The number of rotatable bonds is 1. The summed E-state index contributed by atoms with van der Waals surface area (Å²) in [5.74, 6) is -0.255. The maximum Gasteiger partial charge on any atom is 0.236 e. The van der Waals surface area contributed by atoms with Crippen molar-refractivity contribution in [2.24, 2.45) is 0 Å². The second-order valence-electron chi connectivity index (χ2n) is 3.04. The molecule has 0 saturated carbocycles. The van der Waals surface area contributed by atoms with Crippen LogP contribution in [0, 0.1) is 0 Å². The molecule has 0 aliphatic carbocycles. The number of carbonyl (C=O) groups excluding carboxylic acids is 1. The fraction of sp³-hybridized carbons (Fsp3) is 0.857. The number of hydrogen-bond donors (Lipinski definition) is 0. The molecule has 0 spiro atoms. The maximum absolute atomic E-state index is 11.2. The Morgan fingerprint density at radius 2 is 1.92 bits per heavy atom. The Bertz CT molecular complexity index is 270. The molecule has 0 aromatic rings. The van der Waals surface area contributed by atoms with Crippen molar-refractivity contribution in [3.63, 3.8) is 0 Å². The van der Waals surface area contributed by atoms with E-state index in [1.807, 2.05) is 0 Å². The minimum Gasteiger partial charge on any atom is -0.274 e. The van der Waals surface area contributed by atoms with Gasteiger partial charge in [0.05, 0.1) is 6.26 Å². The van der Waals surface area contributed by atoms with E-state index >= 15 is 0 Å². The second-order valence-corrected chi connectivity index (χ2v) is 4.95. The van der Waals surface area contributed by atoms with E-state index in [0.29, 0.717) is 13.0 Å². The van der Waals surface area contributed by atoms with E-state index in [2.05, 4.69) is 0 Å². The van der Waals surface area contributed by atoms with Gasteiger partial charge in [-0.2, -0.15) is 0 Å². The van der Waals surface area contributed by atoms with Crippen LogP contribution < -0.4 is 0 Å². The first-order chi connectivity index (χ1) is 5.52. The van der Waals surface area contributed by atoms with Crippen LogP contribution >= 0.6 is 0 Å². The highest BCUT2D eigenvalue weighted by atomic mass is 32.2. The molecule has 1 aliphatic rings. The largest absolute Gasteiger partial charge is 0.274 e. The van der Waals surface area contributed by atoms with Crippen LogP contribution in [0.3, 0.4) is 0 Å². The lowest BCUT2D eigenvalue weighted by Crippen LogP contribution is -2.35. The molecule has 0 aromatic heterocycles. The van der Waals surface area contributed by atoms with Gasteiger partial charge < -0.3 is 0 Å². The van der Waals surface area contributed by atoms with Gasteiger partial charge in [0.2, 0.25) is 15.9 Å². The predicted molar refractivity (Wildman–Crippen MR) is 45.0 cm³/mol. The van der Waals surface area contributed by atoms with Crippen LogP contribution in [0.15, 0.2) is 0 Å². The zero-order chi connectivity index (χ0) is 9.19. The molecule has 0 unspecified atom stereocenters. The lowest BCUT2D eigenvalue weighted by molar-refractivity contribution is -0.126. The maximum atomic E-state index is 11.2. The normalized spacial score (nSPS) is 20.8. The van der Waals surface area contributed by atoms with Crippen molar-refractivity contribution < 1.29 is 13.2 Å². The summed E-state index contributed by atoms with van der Waals surface area (Å²) in [7, 11) is -3.31. The molecular weight excluding hydrogens is 178 g/mol. The average molecular weight is 191 g/mol. The smallest absolute Gasteiger partial charge is 0.236 e. The van der Waals surface area contributed by atoms with E-state index in [-0.39, 0.29) is 5.91 Å². The van der Waals surface area contributed by atoms with E-state index in [9.17, 15) is 13.2 Å². The highest BCUT2D eigenvalue weighted by Gasteiger charge is 2.23. The van der Waals surface area contributed by atoms with Crippen molar-refractivity contribution in [3.8, 4) is 0 Å². The highest BCUT2D eigenvalue weighted by Crippen LogP contribution is 2.13. The first-order valence-electron chi connectivity index (χ1n) is 4.02. The third-order valence-electron chi connectivity index (χ3n) is 1.93. The molecule has 0 atom stereocenters. The highest BCUT2D eigenvalue weighted by molar-refractivity contribution is 7.88. The summed E-state index contributed by atoms with van der Waals surface area (Å²) in [4.78, 5) is 11.2. The monoisotopic (exact) mass is 191 g/mol. The Kier molecular flexibility index (Phi) is 2.72. The number of nitrogens with zero attached hydrogens (tertiary/aromatic N) is 1. The first-order valence-corrected chi connectivity index (χ1v) is 5.87. The average Bonchev–Trinajstić information content (AvgIpc) is 2.11. The van der Waals surface area contributed by atoms with Gasteiger partial charge in [0, 0.05) is 13.0 Å². The van der Waals surface area contributed by atoms with Gasteiger partial charge in [0.15, 0.2) is 0 Å². The van der Waals surface area contributed by atoms with Crippen LogP contribution in [-0.2, 0) is 14.8 Å². The summed E-state index contributed by atoms with van der Waals surface area (Å²) >= 11 is 0. The second kappa shape index (κ2) is 3.43. The quantitative estimate of drug-likeness (QED) is 0.601. The summed E-state index contributed by atoms with van der Waals surface area (Å²) in [6.45, 7) is 0.359. The summed E-state index contributed by atoms with van der Waals surface area (Å²) in [6.07, 6.45) is 3.99. The molecule has 0 radical (unpaired) electrons. The van der Waals surface area contributed by atoms with Gasteiger partial charge in [0.25, 0.3) is 0 Å². The fourth-order valence-electron chi connectivity index (χ4n) is 1.31. The number of sulfonamides is 1. The first kappa shape index (κ1) is 9.51. The molecule has 0 N–H and O–H groups in total. The topological polar surface area (TPSA) is 54.5 Å². The van der Waals surface area contributed by atoms with E-state index in [1.165, 1.54) is 0 Å². The lowest BCUT2D eigenvalue weighted by atomic mass is 10.2. The van der Waals surface area contributed by atoms with Crippen molar-refractivity contribution in [1.82, 2.24) is 4.31 Å². The van der Waals surface area contributed by atoms with Crippen LogP contribution in [0.1, 0.15) is 25.7 Å². The molecule has 70 valence electrons. The molecule has 1 aliphatic heterocycles. The Morgan fingerprint density at radius 1 is 1.25 bits per heavy atom. The zero-order valence-corrected chi connectivity index (χ0v) is 7.93. The van der Waals surface area contributed by atoms with Crippen molar-refractivity contribution in [1.29, 1.82) is 0 Å². The van der Waals surface area contributed by atoms with Crippen LogP contribution in [0.2, 0.25) is 0 Å². The van der Waals surface area contributed by atoms with E-state index < -0.39 is 10.0 Å². The molecule has 0 aromatic carbocycles. The molecular formula is C7H13NO3S. The van der Waals surface area contributed by atoms with Crippen molar-refractivity contribution >= 4 is 15.9 Å². The van der Waals surface area contributed by atoms with Crippen LogP contribution in [0.5, 0.6) is 0 Å². The number of carbonyl (C=O) groups is 1. The SMILES string of the molecule is CS(=O)(=O)N1CCCCCC1=O. The fourth-order valence-corrected chi connectivity index (χ4v) is 2.23. The van der Waals surface area contributed by atoms with Crippen LogP contribution in [0.4, 0.5) is 0 Å². The van der Waals surface area contributed by atoms with Gasteiger partial charge in [-0.1, -0.05) is 6.42 Å². The molecule has 1 saturated heterocycles.